The van der Waals surface area contributed by atoms with E-state index in [-0.39, 0.29) is 17.6 Å². The minimum absolute atomic E-state index is 0.116. The molecular weight excluding hydrogens is 168 g/mol. The molecule has 0 spiro atoms. The van der Waals surface area contributed by atoms with Gasteiger partial charge in [0.05, 0.1) is 12.7 Å². The molecule has 1 aliphatic heterocycles. The van der Waals surface area contributed by atoms with E-state index in [0.717, 1.165) is 17.5 Å². The first kappa shape index (κ1) is 8.38. The molecule has 2 rings (SSSR count). The quantitative estimate of drug-likeness (QED) is 0.637. The molecule has 1 aromatic carbocycles. The molecule has 0 unspecified atom stereocenters. The fraction of sp³-hybridized carbons (Fsp3) is 0.400. The molecule has 0 bridgehead atoms. The van der Waals surface area contributed by atoms with E-state index < -0.39 is 0 Å². The molecule has 3 heteroatoms. The van der Waals surface area contributed by atoms with E-state index in [9.17, 15) is 10.2 Å². The van der Waals surface area contributed by atoms with Crippen LogP contribution in [0.3, 0.4) is 0 Å². The fourth-order valence-corrected chi connectivity index (χ4v) is 1.64. The van der Waals surface area contributed by atoms with E-state index in [0.29, 0.717) is 6.61 Å². The van der Waals surface area contributed by atoms with Crippen LogP contribution in [-0.4, -0.2) is 16.3 Å². The van der Waals surface area contributed by atoms with Crippen molar-refractivity contribution >= 4 is 0 Å². The number of rotatable bonds is 0. The first-order valence-corrected chi connectivity index (χ1v) is 4.32. The zero-order valence-corrected chi connectivity index (χ0v) is 7.45. The smallest absolute Gasteiger partial charge is 0.125 e. The van der Waals surface area contributed by atoms with E-state index in [2.05, 4.69) is 0 Å². The predicted octanol–water partition coefficient (Wildman–Crippen LogP) is 1.56. The maximum atomic E-state index is 9.48. The van der Waals surface area contributed by atoms with E-state index in [1.807, 2.05) is 6.92 Å². The van der Waals surface area contributed by atoms with E-state index >= 15 is 0 Å². The molecule has 1 aliphatic rings. The van der Waals surface area contributed by atoms with Crippen molar-refractivity contribution in [2.75, 3.05) is 0 Å². The number of hydrogen-bond donors (Lipinski definition) is 2. The van der Waals surface area contributed by atoms with Crippen molar-refractivity contribution in [1.82, 2.24) is 0 Å². The molecule has 70 valence electrons. The van der Waals surface area contributed by atoms with Gasteiger partial charge in [0.2, 0.25) is 0 Å². The normalized spacial score (nSPS) is 21.2. The summed E-state index contributed by atoms with van der Waals surface area (Å²) in [5, 5.41) is 18.7. The van der Waals surface area contributed by atoms with Crippen LogP contribution in [0.1, 0.15) is 18.1 Å². The second-order valence-corrected chi connectivity index (χ2v) is 3.43. The Morgan fingerprint density at radius 2 is 2.15 bits per heavy atom. The van der Waals surface area contributed by atoms with Gasteiger partial charge in [-0.3, -0.25) is 0 Å². The average molecular weight is 180 g/mol. The Bertz CT molecular complexity index is 333. The molecule has 1 heterocycles. The van der Waals surface area contributed by atoms with Crippen molar-refractivity contribution in [2.45, 2.75) is 26.1 Å². The van der Waals surface area contributed by atoms with Crippen molar-refractivity contribution in [2.24, 2.45) is 0 Å². The minimum Gasteiger partial charge on any atom is -0.508 e. The highest BCUT2D eigenvalue weighted by atomic mass is 16.5. The molecule has 0 radical (unpaired) electrons. The van der Waals surface area contributed by atoms with Crippen molar-refractivity contribution in [3.8, 4) is 11.5 Å². The Balaban J connectivity index is 2.47. The van der Waals surface area contributed by atoms with Gasteiger partial charge in [-0.25, -0.2) is 0 Å². The number of hydrogen-bond acceptors (Lipinski definition) is 3. The van der Waals surface area contributed by atoms with Crippen molar-refractivity contribution in [3.05, 3.63) is 23.3 Å². The molecular formula is C10H12O3. The van der Waals surface area contributed by atoms with E-state index in [4.69, 9.17) is 4.74 Å². The molecule has 0 aromatic heterocycles. The van der Waals surface area contributed by atoms with Crippen LogP contribution in [0.25, 0.3) is 0 Å². The summed E-state index contributed by atoms with van der Waals surface area (Å²) in [5.41, 5.74) is 1.78. The predicted molar refractivity (Wildman–Crippen MR) is 47.7 cm³/mol. The van der Waals surface area contributed by atoms with Crippen LogP contribution in [0.2, 0.25) is 0 Å². The Labute approximate surface area is 76.6 Å². The molecule has 1 atom stereocenters. The van der Waals surface area contributed by atoms with Crippen LogP contribution < -0.4 is 0 Å². The summed E-state index contributed by atoms with van der Waals surface area (Å²) < 4.78 is 5.38. The first-order valence-electron chi connectivity index (χ1n) is 4.32. The molecule has 0 saturated carbocycles. The average Bonchev–Trinajstić information content (AvgIpc) is 2.02. The van der Waals surface area contributed by atoms with E-state index in [1.54, 1.807) is 6.07 Å². The summed E-state index contributed by atoms with van der Waals surface area (Å²) in [6.45, 7) is 2.41. The fourth-order valence-electron chi connectivity index (χ4n) is 1.64. The number of benzene rings is 1. The number of phenolic OH excluding ortho intramolecular Hbond substituents is 2. The van der Waals surface area contributed by atoms with Gasteiger partial charge in [-0.2, -0.15) is 0 Å². The summed E-state index contributed by atoms with van der Waals surface area (Å²) >= 11 is 0. The minimum atomic E-state index is 0.116. The van der Waals surface area contributed by atoms with Crippen molar-refractivity contribution in [1.29, 1.82) is 0 Å². The van der Waals surface area contributed by atoms with Gasteiger partial charge in [0.15, 0.2) is 0 Å². The number of fused-ring (bicyclic) bond motifs is 1. The van der Waals surface area contributed by atoms with Gasteiger partial charge in [0.1, 0.15) is 11.5 Å². The SMILES string of the molecule is C[C@@H]1Cc2cc(O)cc(O)c2CO1. The first-order chi connectivity index (χ1) is 6.16. The zero-order chi connectivity index (χ0) is 9.42. The maximum absolute atomic E-state index is 9.48. The van der Waals surface area contributed by atoms with Gasteiger partial charge in [-0.1, -0.05) is 0 Å². The molecule has 2 N–H and O–H groups in total. The largest absolute Gasteiger partial charge is 0.508 e. The number of phenols is 2. The van der Waals surface area contributed by atoms with Gasteiger partial charge in [0.25, 0.3) is 0 Å². The summed E-state index contributed by atoms with van der Waals surface area (Å²) in [5.74, 6) is 0.243. The number of ether oxygens (including phenoxy) is 1. The molecule has 3 nitrogen and oxygen atoms in total. The summed E-state index contributed by atoms with van der Waals surface area (Å²) in [7, 11) is 0. The molecule has 0 fully saturated rings. The maximum Gasteiger partial charge on any atom is 0.125 e. The Morgan fingerprint density at radius 1 is 1.38 bits per heavy atom. The lowest BCUT2D eigenvalue weighted by atomic mass is 9.98. The summed E-state index contributed by atoms with van der Waals surface area (Å²) in [6, 6.07) is 3.03. The lowest BCUT2D eigenvalue weighted by Crippen LogP contribution is -2.18. The summed E-state index contributed by atoms with van der Waals surface area (Å²) in [6.07, 6.45) is 0.908. The second-order valence-electron chi connectivity index (χ2n) is 3.43. The molecule has 1 aromatic rings. The lowest BCUT2D eigenvalue weighted by molar-refractivity contribution is 0.0396. The molecule has 0 saturated heterocycles. The number of aromatic hydroxyl groups is 2. The van der Waals surface area contributed by atoms with Gasteiger partial charge in [-0.05, 0) is 25.0 Å². The zero-order valence-electron chi connectivity index (χ0n) is 7.45. The molecule has 0 aliphatic carbocycles. The lowest BCUT2D eigenvalue weighted by Gasteiger charge is -2.23. The summed E-state index contributed by atoms with van der Waals surface area (Å²) in [4.78, 5) is 0. The highest BCUT2D eigenvalue weighted by molar-refractivity contribution is 5.45. The monoisotopic (exact) mass is 180 g/mol. The van der Waals surface area contributed by atoms with Crippen LogP contribution in [0.4, 0.5) is 0 Å². The third kappa shape index (κ3) is 1.47. The Hall–Kier alpha value is -1.22. The highest BCUT2D eigenvalue weighted by Crippen LogP contribution is 2.31. The highest BCUT2D eigenvalue weighted by Gasteiger charge is 2.18. The third-order valence-corrected chi connectivity index (χ3v) is 2.32. The van der Waals surface area contributed by atoms with Crippen molar-refractivity contribution in [3.63, 3.8) is 0 Å². The molecule has 0 amide bonds. The van der Waals surface area contributed by atoms with Gasteiger partial charge in [-0.15, -0.1) is 0 Å². The second kappa shape index (κ2) is 2.92. The van der Waals surface area contributed by atoms with Crippen LogP contribution in [0.15, 0.2) is 12.1 Å². The third-order valence-electron chi connectivity index (χ3n) is 2.32. The van der Waals surface area contributed by atoms with Crippen LogP contribution in [0, 0.1) is 0 Å². The van der Waals surface area contributed by atoms with Crippen LogP contribution in [-0.2, 0) is 17.8 Å². The Morgan fingerprint density at radius 3 is 2.92 bits per heavy atom. The molecule has 13 heavy (non-hydrogen) atoms. The standard InChI is InChI=1S/C10H12O3/c1-6-2-7-3-8(11)4-10(12)9(7)5-13-6/h3-4,6,11-12H,2,5H2,1H3/t6-/m1/s1. The van der Waals surface area contributed by atoms with Crippen molar-refractivity contribution < 1.29 is 14.9 Å². The van der Waals surface area contributed by atoms with Crippen LogP contribution in [0.5, 0.6) is 11.5 Å². The van der Waals surface area contributed by atoms with Crippen LogP contribution >= 0.6 is 0 Å². The van der Waals surface area contributed by atoms with Gasteiger partial charge >= 0.3 is 0 Å². The Kier molecular flexibility index (Phi) is 1.88. The van der Waals surface area contributed by atoms with E-state index in [1.165, 1.54) is 6.07 Å². The van der Waals surface area contributed by atoms with Gasteiger partial charge in [0, 0.05) is 11.6 Å². The van der Waals surface area contributed by atoms with Gasteiger partial charge < -0.3 is 14.9 Å². The topological polar surface area (TPSA) is 49.7 Å².